The minimum atomic E-state index is 0.110. The van der Waals surface area contributed by atoms with Crippen LogP contribution in [0.5, 0.6) is 0 Å². The average molecular weight is 358 g/mol. The number of furan rings is 1. The maximum absolute atomic E-state index is 13.1. The summed E-state index contributed by atoms with van der Waals surface area (Å²) in [4.78, 5) is 18.5. The zero-order valence-corrected chi connectivity index (χ0v) is 15.0. The number of carbonyl (C=O) groups is 1. The molecule has 0 radical (unpaired) electrons. The highest BCUT2D eigenvalue weighted by Gasteiger charge is 2.23. The molecule has 124 valence electrons. The molecule has 0 spiro atoms. The lowest BCUT2D eigenvalue weighted by Crippen LogP contribution is -2.29. The van der Waals surface area contributed by atoms with Gasteiger partial charge in [0, 0.05) is 9.75 Å². The first-order valence-corrected chi connectivity index (χ1v) is 9.95. The molecule has 0 fully saturated rings. The number of aryl methyl sites for hydroxylation is 2. The number of hydrogen-bond donors (Lipinski definition) is 0. The number of nitrogens with zero attached hydrogens (tertiary/aromatic N) is 1. The molecule has 0 saturated carbocycles. The van der Waals surface area contributed by atoms with Gasteiger partial charge in [0.15, 0.2) is 0 Å². The molecular formula is C19H19NO2S2. The molecule has 0 N–H and O–H groups in total. The minimum Gasteiger partial charge on any atom is -0.467 e. The van der Waals surface area contributed by atoms with Gasteiger partial charge in [0.05, 0.1) is 24.2 Å². The van der Waals surface area contributed by atoms with E-state index in [1.54, 1.807) is 28.9 Å². The zero-order chi connectivity index (χ0) is 16.4. The Morgan fingerprint density at radius 1 is 1.17 bits per heavy atom. The van der Waals surface area contributed by atoms with Crippen LogP contribution in [0.15, 0.2) is 46.4 Å². The zero-order valence-electron chi connectivity index (χ0n) is 13.4. The fraction of sp³-hybridized carbons (Fsp3) is 0.316. The summed E-state index contributed by atoms with van der Waals surface area (Å²) in [6.07, 6.45) is 6.38. The van der Waals surface area contributed by atoms with E-state index in [9.17, 15) is 4.79 Å². The molecule has 0 saturated heterocycles. The van der Waals surface area contributed by atoms with E-state index in [0.29, 0.717) is 13.1 Å². The van der Waals surface area contributed by atoms with Crippen molar-refractivity contribution < 1.29 is 9.21 Å². The predicted molar refractivity (Wildman–Crippen MR) is 97.6 cm³/mol. The molecule has 5 heteroatoms. The minimum absolute atomic E-state index is 0.110. The van der Waals surface area contributed by atoms with Crippen molar-refractivity contribution in [2.24, 2.45) is 0 Å². The van der Waals surface area contributed by atoms with Crippen LogP contribution in [-0.2, 0) is 25.9 Å². The third kappa shape index (κ3) is 3.32. The average Bonchev–Trinajstić information content (AvgIpc) is 3.34. The van der Waals surface area contributed by atoms with Gasteiger partial charge in [0.2, 0.25) is 0 Å². The first kappa shape index (κ1) is 15.7. The van der Waals surface area contributed by atoms with E-state index < -0.39 is 0 Å². The van der Waals surface area contributed by atoms with Crippen LogP contribution in [0.3, 0.4) is 0 Å². The van der Waals surface area contributed by atoms with E-state index in [4.69, 9.17) is 4.42 Å². The van der Waals surface area contributed by atoms with E-state index in [2.05, 4.69) is 17.5 Å². The van der Waals surface area contributed by atoms with Crippen LogP contribution in [0.4, 0.5) is 0 Å². The van der Waals surface area contributed by atoms with Crippen LogP contribution in [0, 0.1) is 0 Å². The SMILES string of the molecule is O=C(c1cc2c(s1)CCCC2)N(Cc1ccco1)Cc1cccs1. The van der Waals surface area contributed by atoms with Gasteiger partial charge in [0.1, 0.15) is 5.76 Å². The molecule has 3 aromatic rings. The van der Waals surface area contributed by atoms with Crippen molar-refractivity contribution in [3.8, 4) is 0 Å². The second-order valence-corrected chi connectivity index (χ2v) is 8.26. The van der Waals surface area contributed by atoms with Gasteiger partial charge < -0.3 is 9.32 Å². The Labute approximate surface area is 149 Å². The normalized spacial score (nSPS) is 13.7. The Hall–Kier alpha value is -1.85. The Morgan fingerprint density at radius 3 is 2.83 bits per heavy atom. The third-order valence-electron chi connectivity index (χ3n) is 4.35. The quantitative estimate of drug-likeness (QED) is 0.635. The molecular weight excluding hydrogens is 338 g/mol. The van der Waals surface area contributed by atoms with Gasteiger partial charge in [-0.1, -0.05) is 6.07 Å². The standard InChI is InChI=1S/C19H19NO2S2/c21-19(18-11-14-5-1-2-8-17(14)24-18)20(12-15-6-3-9-22-15)13-16-7-4-10-23-16/h3-4,6-7,9-11H,1-2,5,8,12-13H2. The van der Waals surface area contributed by atoms with E-state index in [1.165, 1.54) is 28.2 Å². The topological polar surface area (TPSA) is 33.5 Å². The lowest BCUT2D eigenvalue weighted by atomic mass is 9.99. The summed E-state index contributed by atoms with van der Waals surface area (Å²) >= 11 is 3.36. The highest BCUT2D eigenvalue weighted by atomic mass is 32.1. The summed E-state index contributed by atoms with van der Waals surface area (Å²) < 4.78 is 5.46. The number of rotatable bonds is 5. The molecule has 24 heavy (non-hydrogen) atoms. The molecule has 1 aliphatic carbocycles. The maximum Gasteiger partial charge on any atom is 0.264 e. The molecule has 4 rings (SSSR count). The highest BCUT2D eigenvalue weighted by Crippen LogP contribution is 2.31. The molecule has 3 aromatic heterocycles. The van der Waals surface area contributed by atoms with Crippen LogP contribution in [0.25, 0.3) is 0 Å². The molecule has 3 heterocycles. The lowest BCUT2D eigenvalue weighted by molar-refractivity contribution is 0.0724. The van der Waals surface area contributed by atoms with E-state index in [1.807, 2.05) is 23.1 Å². The first-order chi connectivity index (χ1) is 11.8. The lowest BCUT2D eigenvalue weighted by Gasteiger charge is -2.20. The number of carbonyl (C=O) groups excluding carboxylic acids is 1. The fourth-order valence-electron chi connectivity index (χ4n) is 3.13. The summed E-state index contributed by atoms with van der Waals surface area (Å²) in [5.74, 6) is 0.931. The van der Waals surface area contributed by atoms with E-state index in [-0.39, 0.29) is 5.91 Å². The molecule has 0 unspecified atom stereocenters. The second-order valence-electron chi connectivity index (χ2n) is 6.09. The van der Waals surface area contributed by atoms with Crippen molar-refractivity contribution in [1.82, 2.24) is 4.90 Å². The van der Waals surface area contributed by atoms with E-state index >= 15 is 0 Å². The molecule has 0 aliphatic heterocycles. The summed E-state index contributed by atoms with van der Waals surface area (Å²) in [6, 6.07) is 10.0. The monoisotopic (exact) mass is 357 g/mol. The van der Waals surface area contributed by atoms with Gasteiger partial charge in [-0.3, -0.25) is 4.79 Å². The van der Waals surface area contributed by atoms with Gasteiger partial charge >= 0.3 is 0 Å². The van der Waals surface area contributed by atoms with Crippen molar-refractivity contribution in [3.63, 3.8) is 0 Å². The number of fused-ring (bicyclic) bond motifs is 1. The summed E-state index contributed by atoms with van der Waals surface area (Å²) in [7, 11) is 0. The van der Waals surface area contributed by atoms with Crippen LogP contribution in [0.1, 0.15) is 43.6 Å². The van der Waals surface area contributed by atoms with Crippen LogP contribution in [0.2, 0.25) is 0 Å². The molecule has 0 aromatic carbocycles. The van der Waals surface area contributed by atoms with Crippen molar-refractivity contribution in [3.05, 3.63) is 67.9 Å². The van der Waals surface area contributed by atoms with Gasteiger partial charge in [-0.25, -0.2) is 0 Å². The van der Waals surface area contributed by atoms with Gasteiger partial charge in [-0.05, 0) is 60.9 Å². The molecule has 3 nitrogen and oxygen atoms in total. The number of amides is 1. The van der Waals surface area contributed by atoms with Crippen LogP contribution >= 0.6 is 22.7 Å². The second kappa shape index (κ2) is 6.95. The van der Waals surface area contributed by atoms with Crippen LogP contribution in [-0.4, -0.2) is 10.8 Å². The van der Waals surface area contributed by atoms with E-state index in [0.717, 1.165) is 23.5 Å². The largest absolute Gasteiger partial charge is 0.467 e. The summed E-state index contributed by atoms with van der Waals surface area (Å²) in [6.45, 7) is 1.13. The number of thiophene rings is 2. The Morgan fingerprint density at radius 2 is 2.08 bits per heavy atom. The van der Waals surface area contributed by atoms with Gasteiger partial charge in [0.25, 0.3) is 5.91 Å². The van der Waals surface area contributed by atoms with Crippen molar-refractivity contribution in [2.45, 2.75) is 38.8 Å². The first-order valence-electron chi connectivity index (χ1n) is 8.25. The summed E-state index contributed by atoms with van der Waals surface area (Å²) in [5, 5.41) is 2.05. The Bertz CT molecular complexity index is 743. The van der Waals surface area contributed by atoms with Crippen LogP contribution < -0.4 is 0 Å². The molecule has 1 aliphatic rings. The summed E-state index contributed by atoms with van der Waals surface area (Å²) in [5.41, 5.74) is 1.38. The van der Waals surface area contributed by atoms with Crippen molar-refractivity contribution in [1.29, 1.82) is 0 Å². The third-order valence-corrected chi connectivity index (χ3v) is 6.43. The number of hydrogen-bond acceptors (Lipinski definition) is 4. The van der Waals surface area contributed by atoms with Crippen molar-refractivity contribution >= 4 is 28.6 Å². The van der Waals surface area contributed by atoms with Crippen molar-refractivity contribution in [2.75, 3.05) is 0 Å². The fourth-order valence-corrected chi connectivity index (χ4v) is 5.07. The maximum atomic E-state index is 13.1. The van der Waals surface area contributed by atoms with Gasteiger partial charge in [-0.2, -0.15) is 0 Å². The molecule has 1 amide bonds. The Balaban J connectivity index is 1.59. The predicted octanol–water partition coefficient (Wildman–Crippen LogP) is 5.12. The molecule has 0 bridgehead atoms. The Kier molecular flexibility index (Phi) is 4.54. The highest BCUT2D eigenvalue weighted by molar-refractivity contribution is 7.14. The smallest absolute Gasteiger partial charge is 0.264 e. The molecule has 0 atom stereocenters. The van der Waals surface area contributed by atoms with Gasteiger partial charge in [-0.15, -0.1) is 22.7 Å².